The molecule has 1 aromatic carbocycles. The monoisotopic (exact) mass is 334 g/mol. The molecule has 0 saturated heterocycles. The van der Waals surface area contributed by atoms with Gasteiger partial charge >= 0.3 is 0 Å². The fourth-order valence-electron chi connectivity index (χ4n) is 2.11. The van der Waals surface area contributed by atoms with E-state index >= 15 is 0 Å². The summed E-state index contributed by atoms with van der Waals surface area (Å²) in [7, 11) is 0. The summed E-state index contributed by atoms with van der Waals surface area (Å²) in [5.41, 5.74) is 1.12. The van der Waals surface area contributed by atoms with Crippen LogP contribution in [0.4, 0.5) is 4.39 Å². The Morgan fingerprint density at radius 2 is 2.12 bits per heavy atom. The topological polar surface area (TPSA) is 80.0 Å². The molecule has 0 atom stereocenters. The summed E-state index contributed by atoms with van der Waals surface area (Å²) in [6, 6.07) is 4.78. The molecule has 6 nitrogen and oxygen atoms in total. The van der Waals surface area contributed by atoms with Gasteiger partial charge < -0.3 is 15.2 Å². The number of nitrogens with one attached hydrogen (secondary N) is 2. The second-order valence-corrected chi connectivity index (χ2v) is 5.58. The Morgan fingerprint density at radius 3 is 2.88 bits per heavy atom. The van der Waals surface area contributed by atoms with Gasteiger partial charge in [-0.3, -0.25) is 4.79 Å². The van der Waals surface area contributed by atoms with Gasteiger partial charge in [-0.25, -0.2) is 4.39 Å². The van der Waals surface area contributed by atoms with Crippen LogP contribution in [0.5, 0.6) is 0 Å². The number of nitrogens with zero attached hydrogens (tertiary/aromatic N) is 2. The Kier molecular flexibility index (Phi) is 6.87. The number of halogens is 1. The number of aromatic nitrogens is 2. The molecule has 24 heavy (non-hydrogen) atoms. The average molecular weight is 334 g/mol. The van der Waals surface area contributed by atoms with Gasteiger partial charge in [0.25, 0.3) is 0 Å². The number of benzene rings is 1. The molecule has 0 fully saturated rings. The van der Waals surface area contributed by atoms with E-state index in [0.717, 1.165) is 19.5 Å². The van der Waals surface area contributed by atoms with Crippen molar-refractivity contribution >= 4 is 5.91 Å². The number of carbonyl (C=O) groups excluding carboxylic acids is 1. The van der Waals surface area contributed by atoms with Crippen molar-refractivity contribution in [1.29, 1.82) is 0 Å². The van der Waals surface area contributed by atoms with Gasteiger partial charge in [0.15, 0.2) is 0 Å². The molecular weight excluding hydrogens is 311 g/mol. The van der Waals surface area contributed by atoms with Crippen molar-refractivity contribution in [1.82, 2.24) is 20.8 Å². The third-order valence-corrected chi connectivity index (χ3v) is 3.51. The van der Waals surface area contributed by atoms with Crippen molar-refractivity contribution in [3.05, 3.63) is 35.5 Å². The largest absolute Gasteiger partial charge is 0.355 e. The lowest BCUT2D eigenvalue weighted by Crippen LogP contribution is -2.32. The van der Waals surface area contributed by atoms with E-state index in [0.29, 0.717) is 35.8 Å². The van der Waals surface area contributed by atoms with Crippen LogP contribution >= 0.6 is 0 Å². The van der Waals surface area contributed by atoms with Crippen LogP contribution in [0.1, 0.15) is 31.2 Å². The van der Waals surface area contributed by atoms with Crippen LogP contribution < -0.4 is 10.6 Å². The highest BCUT2D eigenvalue weighted by Gasteiger charge is 2.11. The second-order valence-electron chi connectivity index (χ2n) is 5.58. The Hall–Kier alpha value is -2.28. The van der Waals surface area contributed by atoms with Crippen LogP contribution in [0.25, 0.3) is 11.4 Å². The summed E-state index contributed by atoms with van der Waals surface area (Å²) in [5.74, 6) is 0.322. The molecule has 0 saturated carbocycles. The maximum absolute atomic E-state index is 13.6. The third kappa shape index (κ3) is 5.42. The molecule has 2 N–H and O–H groups in total. The Morgan fingerprint density at radius 1 is 1.29 bits per heavy atom. The highest BCUT2D eigenvalue weighted by Crippen LogP contribution is 2.19. The van der Waals surface area contributed by atoms with Gasteiger partial charge in [0.05, 0.1) is 0 Å². The normalized spacial score (nSPS) is 10.8. The third-order valence-electron chi connectivity index (χ3n) is 3.51. The standard InChI is InChI=1S/C17H23FN4O2/c1-3-8-19-9-10-20-15(23)6-7-16-21-17(22-24-16)13-5-4-12(2)14(18)11-13/h4-5,11,19H,3,6-10H2,1-2H3,(H,20,23). The van der Waals surface area contributed by atoms with Crippen LogP contribution in [-0.4, -0.2) is 35.7 Å². The molecule has 0 unspecified atom stereocenters. The van der Waals surface area contributed by atoms with Gasteiger partial charge in [-0.2, -0.15) is 4.98 Å². The lowest BCUT2D eigenvalue weighted by atomic mass is 10.1. The van der Waals surface area contributed by atoms with Crippen molar-refractivity contribution in [2.45, 2.75) is 33.1 Å². The van der Waals surface area contributed by atoms with E-state index in [1.807, 2.05) is 0 Å². The number of hydrogen-bond donors (Lipinski definition) is 2. The molecule has 1 aromatic heterocycles. The first-order valence-electron chi connectivity index (χ1n) is 8.16. The fourth-order valence-corrected chi connectivity index (χ4v) is 2.11. The molecule has 0 aliphatic rings. The fraction of sp³-hybridized carbons (Fsp3) is 0.471. The van der Waals surface area contributed by atoms with E-state index in [1.165, 1.54) is 6.07 Å². The molecule has 0 radical (unpaired) electrons. The molecule has 0 spiro atoms. The summed E-state index contributed by atoms with van der Waals surface area (Å²) in [4.78, 5) is 15.9. The van der Waals surface area contributed by atoms with E-state index in [-0.39, 0.29) is 18.1 Å². The zero-order valence-electron chi connectivity index (χ0n) is 14.1. The van der Waals surface area contributed by atoms with Crippen molar-refractivity contribution in [3.8, 4) is 11.4 Å². The van der Waals surface area contributed by atoms with Gasteiger partial charge in [0, 0.05) is 31.5 Å². The van der Waals surface area contributed by atoms with E-state index in [4.69, 9.17) is 4.52 Å². The Balaban J connectivity index is 1.79. The minimum absolute atomic E-state index is 0.0607. The van der Waals surface area contributed by atoms with E-state index in [2.05, 4.69) is 27.7 Å². The lowest BCUT2D eigenvalue weighted by molar-refractivity contribution is -0.121. The molecule has 7 heteroatoms. The summed E-state index contributed by atoms with van der Waals surface area (Å²) in [6.07, 6.45) is 1.70. The quantitative estimate of drug-likeness (QED) is 0.688. The van der Waals surface area contributed by atoms with E-state index in [9.17, 15) is 9.18 Å². The molecular formula is C17H23FN4O2. The molecule has 2 aromatic rings. The van der Waals surface area contributed by atoms with Crippen molar-refractivity contribution in [2.24, 2.45) is 0 Å². The minimum Gasteiger partial charge on any atom is -0.355 e. The highest BCUT2D eigenvalue weighted by atomic mass is 19.1. The smallest absolute Gasteiger partial charge is 0.227 e. The van der Waals surface area contributed by atoms with Crippen LogP contribution in [-0.2, 0) is 11.2 Å². The predicted molar refractivity (Wildman–Crippen MR) is 88.9 cm³/mol. The maximum Gasteiger partial charge on any atom is 0.227 e. The zero-order valence-corrected chi connectivity index (χ0v) is 14.1. The average Bonchev–Trinajstić information content (AvgIpc) is 3.04. The first-order valence-corrected chi connectivity index (χ1v) is 8.16. The van der Waals surface area contributed by atoms with Crippen LogP contribution in [0.2, 0.25) is 0 Å². The predicted octanol–water partition coefficient (Wildman–Crippen LogP) is 2.23. The zero-order chi connectivity index (χ0) is 17.4. The van der Waals surface area contributed by atoms with Crippen LogP contribution in [0.15, 0.2) is 22.7 Å². The molecule has 1 amide bonds. The van der Waals surface area contributed by atoms with Crippen LogP contribution in [0.3, 0.4) is 0 Å². The maximum atomic E-state index is 13.6. The molecule has 2 rings (SSSR count). The second kappa shape index (κ2) is 9.12. The highest BCUT2D eigenvalue weighted by molar-refractivity contribution is 5.76. The number of amides is 1. The summed E-state index contributed by atoms with van der Waals surface area (Å²) < 4.78 is 18.7. The van der Waals surface area contributed by atoms with E-state index in [1.54, 1.807) is 19.1 Å². The number of hydrogen-bond acceptors (Lipinski definition) is 5. The summed E-state index contributed by atoms with van der Waals surface area (Å²) >= 11 is 0. The Bertz CT molecular complexity index is 672. The van der Waals surface area contributed by atoms with Crippen molar-refractivity contribution in [3.63, 3.8) is 0 Å². The van der Waals surface area contributed by atoms with Crippen molar-refractivity contribution < 1.29 is 13.7 Å². The lowest BCUT2D eigenvalue weighted by Gasteiger charge is -2.04. The van der Waals surface area contributed by atoms with Crippen LogP contribution in [0, 0.1) is 12.7 Å². The first-order chi connectivity index (χ1) is 11.6. The molecule has 0 aliphatic heterocycles. The van der Waals surface area contributed by atoms with Gasteiger partial charge in [0.1, 0.15) is 5.82 Å². The SMILES string of the molecule is CCCNCCNC(=O)CCc1nc(-c2ccc(C)c(F)c2)no1. The molecule has 130 valence electrons. The van der Waals surface area contributed by atoms with Gasteiger partial charge in [-0.1, -0.05) is 24.2 Å². The van der Waals surface area contributed by atoms with Crippen molar-refractivity contribution in [2.75, 3.05) is 19.6 Å². The number of rotatable bonds is 9. The van der Waals surface area contributed by atoms with Gasteiger partial charge in [-0.05, 0) is 31.5 Å². The summed E-state index contributed by atoms with van der Waals surface area (Å²) in [6.45, 7) is 6.08. The van der Waals surface area contributed by atoms with E-state index < -0.39 is 0 Å². The number of aryl methyl sites for hydroxylation is 2. The molecule has 0 aliphatic carbocycles. The summed E-state index contributed by atoms with van der Waals surface area (Å²) in [5, 5.41) is 9.87. The van der Waals surface area contributed by atoms with Gasteiger partial charge in [0.2, 0.25) is 17.6 Å². The molecule has 1 heterocycles. The number of carbonyl (C=O) groups is 1. The van der Waals surface area contributed by atoms with Gasteiger partial charge in [-0.15, -0.1) is 0 Å². The Labute approximate surface area is 140 Å². The minimum atomic E-state index is -0.310. The first kappa shape index (κ1) is 18.1. The molecule has 0 bridgehead atoms.